The van der Waals surface area contributed by atoms with Crippen molar-refractivity contribution in [1.82, 2.24) is 49.8 Å². The number of H-pyrrole nitrogens is 4. The van der Waals surface area contributed by atoms with Gasteiger partial charge in [0.2, 0.25) is 0 Å². The van der Waals surface area contributed by atoms with Crippen LogP contribution < -0.4 is 9.47 Å². The molecule has 2 aromatic carbocycles. The Morgan fingerprint density at radius 3 is 1.00 bits per heavy atom. The summed E-state index contributed by atoms with van der Waals surface area (Å²) in [7, 11) is 3.34. The van der Waals surface area contributed by atoms with Gasteiger partial charge in [-0.05, 0) is 70.8 Å². The van der Waals surface area contributed by atoms with Crippen molar-refractivity contribution < 1.29 is 29.0 Å². The van der Waals surface area contributed by atoms with E-state index in [1.165, 1.54) is 0 Å². The van der Waals surface area contributed by atoms with Gasteiger partial charge in [0.15, 0.2) is 23.3 Å². The van der Waals surface area contributed by atoms with Crippen molar-refractivity contribution in [2.24, 2.45) is 0 Å². The second-order valence-electron chi connectivity index (χ2n) is 10.9. The average Bonchev–Trinajstić information content (AvgIpc) is 4.05. The van der Waals surface area contributed by atoms with Crippen LogP contribution in [0.25, 0.3) is 59.0 Å². The molecule has 6 aromatic heterocycles. The van der Waals surface area contributed by atoms with Crippen LogP contribution in [0.1, 0.15) is 22.3 Å². The predicted molar refractivity (Wildman–Crippen MR) is 204 cm³/mol. The van der Waals surface area contributed by atoms with Crippen molar-refractivity contribution in [1.29, 1.82) is 0 Å². The quantitative estimate of drug-likeness (QED) is 0.107. The summed E-state index contributed by atoms with van der Waals surface area (Å²) in [5, 5.41) is 0. The van der Waals surface area contributed by atoms with Gasteiger partial charge in [0, 0.05) is 81.4 Å². The van der Waals surface area contributed by atoms with E-state index in [0.29, 0.717) is 0 Å². The molecule has 13 heteroatoms. The Bertz CT molecular complexity index is 2020. The fourth-order valence-electron chi connectivity index (χ4n) is 4.78. The minimum atomic E-state index is 0. The second kappa shape index (κ2) is 19.6. The zero-order valence-corrected chi connectivity index (χ0v) is 30.6. The van der Waals surface area contributed by atoms with Crippen molar-refractivity contribution in [2.45, 2.75) is 0 Å². The van der Waals surface area contributed by atoms with Crippen molar-refractivity contribution in [3.63, 3.8) is 0 Å². The van der Waals surface area contributed by atoms with Gasteiger partial charge in [0.05, 0.1) is 25.6 Å². The first kappa shape index (κ1) is 37.5. The molecule has 0 aliphatic heterocycles. The summed E-state index contributed by atoms with van der Waals surface area (Å²) in [4.78, 5) is 36.8. The normalized spacial score (nSPS) is 10.5. The molecule has 53 heavy (non-hydrogen) atoms. The van der Waals surface area contributed by atoms with Crippen molar-refractivity contribution >= 4 is 24.3 Å². The molecule has 0 amide bonds. The number of imidazole rings is 4. The maximum atomic E-state index is 5.21. The van der Waals surface area contributed by atoms with Crippen LogP contribution in [0.3, 0.4) is 0 Å². The Labute approximate surface area is 319 Å². The summed E-state index contributed by atoms with van der Waals surface area (Å²) in [5.74, 6) is 4.77. The molecule has 0 saturated heterocycles. The smallest absolute Gasteiger partial charge is 0.173 e. The SMILES string of the molecule is COc1ccc(/C=C/c2ccnc(-c3cc(/C=C/c4ccc(OC)cc4)ccn3)c2)cc1.[Ru].c1c[nH]c(-c2ncc[nH]2)n1.c1c[nH]c(-c2ncc[nH]2)n1. The number of rotatable bonds is 9. The Hall–Kier alpha value is -6.72. The molecule has 6 heterocycles. The van der Waals surface area contributed by atoms with E-state index < -0.39 is 0 Å². The number of hydrogen-bond donors (Lipinski definition) is 4. The number of hydrogen-bond acceptors (Lipinski definition) is 8. The standard InChI is InChI=1S/C28H24N2O2.2C6H6N4.Ru/c1-31-25-11-7-21(8-12-25)3-5-23-15-17-29-27(19-23)28-20-24(16-18-30-28)6-4-22-9-13-26(32-2)14-10-22;2*1-2-8-5(7-1)6-9-3-4-10-6;/h3-20H,1-2H3;2*1-4H,(H,7,8)(H,9,10);/b5-3+,6-4+;;;. The molecule has 0 saturated carbocycles. The van der Waals surface area contributed by atoms with Gasteiger partial charge in [-0.25, -0.2) is 19.9 Å². The first-order chi connectivity index (χ1) is 25.7. The van der Waals surface area contributed by atoms with E-state index in [1.807, 2.05) is 85.2 Å². The van der Waals surface area contributed by atoms with Crippen molar-refractivity contribution in [2.75, 3.05) is 14.2 Å². The van der Waals surface area contributed by atoms with Crippen LogP contribution in [-0.4, -0.2) is 64.1 Å². The molecule has 0 aliphatic carbocycles. The molecule has 0 bridgehead atoms. The van der Waals surface area contributed by atoms with Crippen LogP contribution in [0.5, 0.6) is 11.5 Å². The number of aromatic nitrogens is 10. The van der Waals surface area contributed by atoms with Crippen molar-refractivity contribution in [3.05, 3.63) is 157 Å². The minimum absolute atomic E-state index is 0. The second-order valence-corrected chi connectivity index (χ2v) is 10.9. The van der Waals surface area contributed by atoms with Gasteiger partial charge in [0.25, 0.3) is 0 Å². The Kier molecular flexibility index (Phi) is 13.9. The maximum Gasteiger partial charge on any atom is 0.173 e. The first-order valence-electron chi connectivity index (χ1n) is 16.2. The van der Waals surface area contributed by atoms with E-state index in [4.69, 9.17) is 9.47 Å². The van der Waals surface area contributed by atoms with Gasteiger partial charge in [-0.3, -0.25) is 9.97 Å². The van der Waals surface area contributed by atoms with Crippen LogP contribution in [0.4, 0.5) is 0 Å². The topological polar surface area (TPSA) is 159 Å². The number of aromatic amines is 4. The molecule has 0 fully saturated rings. The fraction of sp³-hybridized carbons (Fsp3) is 0.0500. The molecule has 0 aliphatic rings. The third-order valence-corrected chi connectivity index (χ3v) is 7.44. The third-order valence-electron chi connectivity index (χ3n) is 7.44. The van der Waals surface area contributed by atoms with Gasteiger partial charge in [-0.15, -0.1) is 0 Å². The summed E-state index contributed by atoms with van der Waals surface area (Å²) < 4.78 is 10.4. The van der Waals surface area contributed by atoms with Gasteiger partial charge < -0.3 is 29.4 Å². The van der Waals surface area contributed by atoms with Crippen LogP contribution >= 0.6 is 0 Å². The number of pyridine rings is 2. The predicted octanol–water partition coefficient (Wildman–Crippen LogP) is 8.10. The number of nitrogens with one attached hydrogen (secondary N) is 4. The Morgan fingerprint density at radius 2 is 0.717 bits per heavy atom. The third kappa shape index (κ3) is 11.1. The Balaban J connectivity index is 0.000000207. The van der Waals surface area contributed by atoms with E-state index in [-0.39, 0.29) is 19.5 Å². The van der Waals surface area contributed by atoms with Gasteiger partial charge in [-0.2, -0.15) is 0 Å². The van der Waals surface area contributed by atoms with Crippen LogP contribution in [0, 0.1) is 0 Å². The zero-order valence-electron chi connectivity index (χ0n) is 28.9. The van der Waals surface area contributed by atoms with Gasteiger partial charge in [-0.1, -0.05) is 48.6 Å². The number of benzene rings is 2. The molecule has 12 nitrogen and oxygen atoms in total. The van der Waals surface area contributed by atoms with Crippen molar-refractivity contribution in [3.8, 4) is 46.2 Å². The molecule has 4 N–H and O–H groups in total. The van der Waals surface area contributed by atoms with E-state index in [0.717, 1.165) is 68.4 Å². The van der Waals surface area contributed by atoms with Gasteiger partial charge in [0.1, 0.15) is 11.5 Å². The maximum absolute atomic E-state index is 5.21. The molecule has 0 unspecified atom stereocenters. The molecular weight excluding hydrogens is 754 g/mol. The first-order valence-corrected chi connectivity index (χ1v) is 16.2. The summed E-state index contributed by atoms with van der Waals surface area (Å²) in [6.07, 6.45) is 25.7. The van der Waals surface area contributed by atoms with Gasteiger partial charge >= 0.3 is 0 Å². The minimum Gasteiger partial charge on any atom is -0.497 e. The van der Waals surface area contributed by atoms with Crippen LogP contribution in [0.2, 0.25) is 0 Å². The zero-order chi connectivity index (χ0) is 35.8. The molecule has 0 atom stereocenters. The molecule has 8 rings (SSSR count). The molecule has 0 radical (unpaired) electrons. The Morgan fingerprint density at radius 1 is 0.396 bits per heavy atom. The van der Waals surface area contributed by atoms with E-state index in [1.54, 1.807) is 63.8 Å². The van der Waals surface area contributed by atoms with E-state index in [9.17, 15) is 0 Å². The number of methoxy groups -OCH3 is 2. The molecule has 0 spiro atoms. The van der Waals surface area contributed by atoms with Crippen LogP contribution in [-0.2, 0) is 19.5 Å². The van der Waals surface area contributed by atoms with E-state index in [2.05, 4.69) is 74.1 Å². The number of ether oxygens (including phenoxy) is 2. The average molecular weight is 790 g/mol. The van der Waals surface area contributed by atoms with E-state index >= 15 is 0 Å². The summed E-state index contributed by atoms with van der Waals surface area (Å²) in [6.45, 7) is 0. The molecule has 266 valence electrons. The number of nitrogens with zero attached hydrogens (tertiary/aromatic N) is 6. The monoisotopic (exact) mass is 790 g/mol. The molecule has 8 aromatic rings. The fourth-order valence-corrected chi connectivity index (χ4v) is 4.78. The summed E-state index contributed by atoms with van der Waals surface area (Å²) in [5.41, 5.74) is 6.00. The molecular formula is C40H36N10O2Ru. The van der Waals surface area contributed by atoms with Crippen LogP contribution in [0.15, 0.2) is 135 Å². The summed E-state index contributed by atoms with van der Waals surface area (Å²) in [6, 6.07) is 24.0. The largest absolute Gasteiger partial charge is 0.497 e. The summed E-state index contributed by atoms with van der Waals surface area (Å²) >= 11 is 0.